The van der Waals surface area contributed by atoms with Gasteiger partial charge in [0.25, 0.3) is 0 Å². The van der Waals surface area contributed by atoms with Gasteiger partial charge in [0.1, 0.15) is 6.10 Å². The minimum absolute atomic E-state index is 0.0136. The van der Waals surface area contributed by atoms with Gasteiger partial charge in [-0.2, -0.15) is 0 Å². The van der Waals surface area contributed by atoms with E-state index in [0.717, 1.165) is 58.4 Å². The van der Waals surface area contributed by atoms with Crippen LogP contribution in [-0.2, 0) is 19.0 Å². The molecule has 8 nitrogen and oxygen atoms in total. The molecule has 0 aromatic heterocycles. The average Bonchev–Trinajstić information content (AvgIpc) is 2.89. The van der Waals surface area contributed by atoms with Crippen molar-refractivity contribution in [3.63, 3.8) is 0 Å². The maximum absolute atomic E-state index is 13.3. The Morgan fingerprint density at radius 3 is 2.29 bits per heavy atom. The quantitative estimate of drug-likeness (QED) is 0.654. The summed E-state index contributed by atoms with van der Waals surface area (Å²) in [6.45, 7) is 8.90. The molecule has 2 amide bonds. The van der Waals surface area contributed by atoms with Crippen LogP contribution in [0.1, 0.15) is 57.4 Å². The van der Waals surface area contributed by atoms with Crippen molar-refractivity contribution >= 4 is 17.7 Å². The van der Waals surface area contributed by atoms with Crippen molar-refractivity contribution in [1.82, 2.24) is 9.80 Å². The Bertz CT molecular complexity index is 881. The molecule has 1 aromatic rings. The van der Waals surface area contributed by atoms with Crippen molar-refractivity contribution in [2.24, 2.45) is 0 Å². The number of rotatable bonds is 3. The lowest BCUT2D eigenvalue weighted by Gasteiger charge is -2.53. The molecular weight excluding hydrogens is 446 g/mol. The Morgan fingerprint density at radius 1 is 0.914 bits per heavy atom. The number of nitrogens with zero attached hydrogens (tertiary/aromatic N) is 3. The van der Waals surface area contributed by atoms with Crippen LogP contribution in [0.25, 0.3) is 0 Å². The Hall–Kier alpha value is -2.32. The SMILES string of the molecule is CC(=O)N1C2CCC(c3ccc(N4CCOCC4)cc3)CC2N(C(=O)OC2CCOCC2)C[C@@H]1C. The highest BCUT2D eigenvalue weighted by Crippen LogP contribution is 2.41. The van der Waals surface area contributed by atoms with Gasteiger partial charge in [-0.25, -0.2) is 4.79 Å². The van der Waals surface area contributed by atoms with E-state index in [9.17, 15) is 9.59 Å². The van der Waals surface area contributed by atoms with Gasteiger partial charge in [0.2, 0.25) is 5.91 Å². The van der Waals surface area contributed by atoms with Crippen LogP contribution in [0.4, 0.5) is 10.5 Å². The number of hydrogen-bond acceptors (Lipinski definition) is 6. The maximum atomic E-state index is 13.3. The second kappa shape index (κ2) is 10.7. The van der Waals surface area contributed by atoms with Crippen molar-refractivity contribution in [2.45, 2.75) is 76.1 Å². The van der Waals surface area contributed by atoms with Crippen molar-refractivity contribution in [2.75, 3.05) is 51.0 Å². The molecule has 0 spiro atoms. The molecule has 4 fully saturated rings. The van der Waals surface area contributed by atoms with Crippen molar-refractivity contribution < 1.29 is 23.8 Å². The van der Waals surface area contributed by atoms with E-state index >= 15 is 0 Å². The summed E-state index contributed by atoms with van der Waals surface area (Å²) in [5.41, 5.74) is 2.55. The fourth-order valence-electron chi connectivity index (χ4n) is 6.46. The standard InChI is InChI=1S/C27H39N3O5/c1-19-18-29(27(32)35-24-9-13-33-14-10-24)26-17-22(5-8-25(26)30(19)20(2)31)21-3-6-23(7-4-21)28-11-15-34-16-12-28/h3-4,6-7,19,22,24-26H,5,8-18H2,1-2H3/t19-,22?,25?,26?/m0/s1. The van der Waals surface area contributed by atoms with E-state index in [1.165, 1.54) is 11.3 Å². The Labute approximate surface area is 208 Å². The predicted molar refractivity (Wildman–Crippen MR) is 133 cm³/mol. The third kappa shape index (κ3) is 5.28. The highest BCUT2D eigenvalue weighted by molar-refractivity contribution is 5.75. The van der Waals surface area contributed by atoms with Crippen LogP contribution in [0.15, 0.2) is 24.3 Å². The Balaban J connectivity index is 1.32. The normalized spacial score (nSPS) is 30.1. The number of carbonyl (C=O) groups excluding carboxylic acids is 2. The number of piperazine rings is 1. The molecule has 0 bridgehead atoms. The van der Waals surface area contributed by atoms with E-state index in [0.29, 0.717) is 25.7 Å². The predicted octanol–water partition coefficient (Wildman–Crippen LogP) is 3.40. The summed E-state index contributed by atoms with van der Waals surface area (Å²) in [6, 6.07) is 8.93. The Morgan fingerprint density at radius 2 is 1.60 bits per heavy atom. The lowest BCUT2D eigenvalue weighted by atomic mass is 9.76. The fourth-order valence-corrected chi connectivity index (χ4v) is 6.46. The van der Waals surface area contributed by atoms with Crippen LogP contribution in [0.5, 0.6) is 0 Å². The molecule has 1 aliphatic carbocycles. The number of carbonyl (C=O) groups is 2. The van der Waals surface area contributed by atoms with Gasteiger partial charge in [-0.05, 0) is 49.8 Å². The minimum Gasteiger partial charge on any atom is -0.446 e. The number of ether oxygens (including phenoxy) is 3. The molecule has 8 heteroatoms. The number of anilines is 1. The summed E-state index contributed by atoms with van der Waals surface area (Å²) in [5, 5.41) is 0. The van der Waals surface area contributed by atoms with Gasteiger partial charge in [0.05, 0.1) is 38.5 Å². The molecule has 5 rings (SSSR count). The first-order chi connectivity index (χ1) is 17.0. The molecule has 0 N–H and O–H groups in total. The zero-order chi connectivity index (χ0) is 24.4. The van der Waals surface area contributed by atoms with E-state index in [1.54, 1.807) is 6.92 Å². The smallest absolute Gasteiger partial charge is 0.410 e. The number of benzene rings is 1. The molecule has 3 heterocycles. The van der Waals surface area contributed by atoms with Crippen LogP contribution in [-0.4, -0.2) is 92.1 Å². The van der Waals surface area contributed by atoms with E-state index in [2.05, 4.69) is 29.2 Å². The first kappa shape index (κ1) is 24.4. The van der Waals surface area contributed by atoms with Crippen LogP contribution in [0.2, 0.25) is 0 Å². The van der Waals surface area contributed by atoms with Crippen molar-refractivity contribution in [3.8, 4) is 0 Å². The third-order valence-electron chi connectivity index (χ3n) is 8.25. The zero-order valence-electron chi connectivity index (χ0n) is 21.1. The van der Waals surface area contributed by atoms with Crippen molar-refractivity contribution in [3.05, 3.63) is 29.8 Å². The van der Waals surface area contributed by atoms with Crippen LogP contribution in [0.3, 0.4) is 0 Å². The molecule has 4 atom stereocenters. The summed E-state index contributed by atoms with van der Waals surface area (Å²) in [6.07, 6.45) is 3.94. The van der Waals surface area contributed by atoms with Crippen LogP contribution >= 0.6 is 0 Å². The van der Waals surface area contributed by atoms with Crippen LogP contribution < -0.4 is 4.90 Å². The van der Waals surface area contributed by atoms with Gasteiger partial charge in [0, 0.05) is 51.1 Å². The second-order valence-corrected chi connectivity index (χ2v) is 10.5. The first-order valence-corrected chi connectivity index (χ1v) is 13.3. The summed E-state index contributed by atoms with van der Waals surface area (Å²) in [4.78, 5) is 32.2. The van der Waals surface area contributed by atoms with Gasteiger partial charge in [0.15, 0.2) is 0 Å². The summed E-state index contributed by atoms with van der Waals surface area (Å²) < 4.78 is 16.8. The first-order valence-electron chi connectivity index (χ1n) is 13.3. The molecule has 1 saturated carbocycles. The summed E-state index contributed by atoms with van der Waals surface area (Å²) in [5.74, 6) is 0.453. The molecule has 3 unspecified atom stereocenters. The summed E-state index contributed by atoms with van der Waals surface area (Å²) in [7, 11) is 0. The largest absolute Gasteiger partial charge is 0.446 e. The second-order valence-electron chi connectivity index (χ2n) is 10.5. The highest BCUT2D eigenvalue weighted by Gasteiger charge is 2.47. The monoisotopic (exact) mass is 485 g/mol. The van der Waals surface area contributed by atoms with E-state index in [4.69, 9.17) is 14.2 Å². The van der Waals surface area contributed by atoms with Gasteiger partial charge in [-0.1, -0.05) is 12.1 Å². The molecule has 0 radical (unpaired) electrons. The molecule has 1 aromatic carbocycles. The molecule has 3 saturated heterocycles. The number of amides is 2. The van der Waals surface area contributed by atoms with Gasteiger partial charge in [-0.15, -0.1) is 0 Å². The van der Waals surface area contributed by atoms with Gasteiger partial charge >= 0.3 is 6.09 Å². The molecular formula is C27H39N3O5. The number of hydrogen-bond donors (Lipinski definition) is 0. The molecule has 3 aliphatic heterocycles. The van der Waals surface area contributed by atoms with E-state index in [1.807, 2.05) is 16.7 Å². The lowest BCUT2D eigenvalue weighted by Crippen LogP contribution is -2.67. The number of morpholine rings is 1. The highest BCUT2D eigenvalue weighted by atomic mass is 16.6. The molecule has 4 aliphatic rings. The average molecular weight is 486 g/mol. The summed E-state index contributed by atoms with van der Waals surface area (Å²) >= 11 is 0. The minimum atomic E-state index is -0.231. The lowest BCUT2D eigenvalue weighted by molar-refractivity contribution is -0.142. The third-order valence-corrected chi connectivity index (χ3v) is 8.25. The van der Waals surface area contributed by atoms with Gasteiger partial charge in [-0.3, -0.25) is 4.79 Å². The van der Waals surface area contributed by atoms with E-state index in [-0.39, 0.29) is 36.2 Å². The number of fused-ring (bicyclic) bond motifs is 1. The van der Waals surface area contributed by atoms with Gasteiger partial charge < -0.3 is 28.9 Å². The fraction of sp³-hybridized carbons (Fsp3) is 0.704. The van der Waals surface area contributed by atoms with E-state index < -0.39 is 0 Å². The molecule has 192 valence electrons. The Kier molecular flexibility index (Phi) is 7.48. The zero-order valence-corrected chi connectivity index (χ0v) is 21.1. The maximum Gasteiger partial charge on any atom is 0.410 e. The topological polar surface area (TPSA) is 71.6 Å². The molecule has 35 heavy (non-hydrogen) atoms. The van der Waals surface area contributed by atoms with Crippen LogP contribution in [0, 0.1) is 0 Å². The van der Waals surface area contributed by atoms with Crippen molar-refractivity contribution in [1.29, 1.82) is 0 Å².